The summed E-state index contributed by atoms with van der Waals surface area (Å²) in [7, 11) is 2.04. The third kappa shape index (κ3) is 2.63. The standard InChI is InChI=1S/C14H21NO/c1-11(12-6-4-3-5-7-12)14-10-13(15-2)8-9-16-14/h3-7,11,13-15H,8-10H2,1-2H3. The number of hydrogen-bond donors (Lipinski definition) is 1. The fourth-order valence-corrected chi connectivity index (χ4v) is 2.41. The van der Waals surface area contributed by atoms with Crippen LogP contribution in [-0.4, -0.2) is 25.8 Å². The van der Waals surface area contributed by atoms with Gasteiger partial charge in [0.05, 0.1) is 6.10 Å². The van der Waals surface area contributed by atoms with Crippen molar-refractivity contribution in [3.05, 3.63) is 35.9 Å². The molecule has 0 aliphatic carbocycles. The molecule has 0 amide bonds. The molecule has 1 saturated heterocycles. The first kappa shape index (κ1) is 11.6. The van der Waals surface area contributed by atoms with E-state index in [0.29, 0.717) is 18.1 Å². The number of ether oxygens (including phenoxy) is 1. The Kier molecular flexibility index (Phi) is 3.97. The lowest BCUT2D eigenvalue weighted by molar-refractivity contribution is -0.00997. The molecule has 88 valence electrons. The molecule has 0 spiro atoms. The van der Waals surface area contributed by atoms with Gasteiger partial charge in [0.25, 0.3) is 0 Å². The van der Waals surface area contributed by atoms with Gasteiger partial charge in [-0.1, -0.05) is 37.3 Å². The van der Waals surface area contributed by atoms with Gasteiger partial charge in [-0.05, 0) is 25.5 Å². The quantitative estimate of drug-likeness (QED) is 0.843. The van der Waals surface area contributed by atoms with E-state index in [9.17, 15) is 0 Å². The Morgan fingerprint density at radius 2 is 2.06 bits per heavy atom. The highest BCUT2D eigenvalue weighted by atomic mass is 16.5. The largest absolute Gasteiger partial charge is 0.377 e. The van der Waals surface area contributed by atoms with Crippen LogP contribution < -0.4 is 5.32 Å². The third-order valence-corrected chi connectivity index (χ3v) is 3.61. The minimum absolute atomic E-state index is 0.355. The molecule has 16 heavy (non-hydrogen) atoms. The zero-order chi connectivity index (χ0) is 11.4. The molecule has 2 heteroatoms. The smallest absolute Gasteiger partial charge is 0.0655 e. The molecule has 1 heterocycles. The predicted octanol–water partition coefficient (Wildman–Crippen LogP) is 2.56. The highest BCUT2D eigenvalue weighted by Crippen LogP contribution is 2.27. The zero-order valence-electron chi connectivity index (χ0n) is 10.1. The summed E-state index contributed by atoms with van der Waals surface area (Å²) in [5, 5.41) is 3.36. The molecular formula is C14H21NO. The highest BCUT2D eigenvalue weighted by Gasteiger charge is 2.26. The molecule has 3 atom stereocenters. The average molecular weight is 219 g/mol. The Balaban J connectivity index is 2.01. The van der Waals surface area contributed by atoms with Gasteiger partial charge in [-0.3, -0.25) is 0 Å². The van der Waals surface area contributed by atoms with Crippen molar-refractivity contribution in [2.24, 2.45) is 0 Å². The molecule has 0 aromatic heterocycles. The van der Waals surface area contributed by atoms with Gasteiger partial charge >= 0.3 is 0 Å². The van der Waals surface area contributed by atoms with Gasteiger partial charge in [0, 0.05) is 18.6 Å². The summed E-state index contributed by atoms with van der Waals surface area (Å²) in [6.07, 6.45) is 2.61. The van der Waals surface area contributed by atoms with E-state index in [-0.39, 0.29) is 0 Å². The van der Waals surface area contributed by atoms with Gasteiger partial charge in [0.1, 0.15) is 0 Å². The van der Waals surface area contributed by atoms with Crippen molar-refractivity contribution < 1.29 is 4.74 Å². The van der Waals surface area contributed by atoms with E-state index >= 15 is 0 Å². The third-order valence-electron chi connectivity index (χ3n) is 3.61. The summed E-state index contributed by atoms with van der Waals surface area (Å²) < 4.78 is 5.89. The summed E-state index contributed by atoms with van der Waals surface area (Å²) in [5.41, 5.74) is 1.38. The van der Waals surface area contributed by atoms with Crippen molar-refractivity contribution in [2.75, 3.05) is 13.7 Å². The highest BCUT2D eigenvalue weighted by molar-refractivity contribution is 5.20. The van der Waals surface area contributed by atoms with E-state index < -0.39 is 0 Å². The molecule has 1 aromatic carbocycles. The van der Waals surface area contributed by atoms with Crippen molar-refractivity contribution in [2.45, 2.75) is 37.8 Å². The van der Waals surface area contributed by atoms with Crippen molar-refractivity contribution >= 4 is 0 Å². The van der Waals surface area contributed by atoms with E-state index in [1.54, 1.807) is 0 Å². The van der Waals surface area contributed by atoms with Gasteiger partial charge in [-0.2, -0.15) is 0 Å². The maximum Gasteiger partial charge on any atom is 0.0655 e. The molecule has 0 saturated carbocycles. The molecule has 2 nitrogen and oxygen atoms in total. The lowest BCUT2D eigenvalue weighted by atomic mass is 9.89. The Labute approximate surface area is 98.0 Å². The van der Waals surface area contributed by atoms with E-state index in [1.165, 1.54) is 5.56 Å². The maximum atomic E-state index is 5.89. The van der Waals surface area contributed by atoms with E-state index in [0.717, 1.165) is 19.4 Å². The first-order chi connectivity index (χ1) is 7.81. The summed E-state index contributed by atoms with van der Waals surface area (Å²) >= 11 is 0. The van der Waals surface area contributed by atoms with E-state index in [4.69, 9.17) is 4.74 Å². The maximum absolute atomic E-state index is 5.89. The van der Waals surface area contributed by atoms with Gasteiger partial charge < -0.3 is 10.1 Å². The van der Waals surface area contributed by atoms with Gasteiger partial charge in [0.15, 0.2) is 0 Å². The summed E-state index contributed by atoms with van der Waals surface area (Å²) in [6.45, 7) is 3.14. The van der Waals surface area contributed by atoms with Crippen molar-refractivity contribution in [3.63, 3.8) is 0 Å². The minimum Gasteiger partial charge on any atom is -0.377 e. The number of benzene rings is 1. The predicted molar refractivity (Wildman–Crippen MR) is 66.7 cm³/mol. The van der Waals surface area contributed by atoms with Crippen LogP contribution >= 0.6 is 0 Å². The second-order valence-electron chi connectivity index (χ2n) is 4.62. The van der Waals surface area contributed by atoms with Gasteiger partial charge in [-0.15, -0.1) is 0 Å². The van der Waals surface area contributed by atoms with Crippen molar-refractivity contribution in [1.82, 2.24) is 5.32 Å². The van der Waals surface area contributed by atoms with Gasteiger partial charge in [0.2, 0.25) is 0 Å². The monoisotopic (exact) mass is 219 g/mol. The molecule has 1 aromatic rings. The molecule has 1 aliphatic heterocycles. The van der Waals surface area contributed by atoms with Crippen LogP contribution in [0.15, 0.2) is 30.3 Å². The first-order valence-corrected chi connectivity index (χ1v) is 6.15. The lowest BCUT2D eigenvalue weighted by Gasteiger charge is -2.33. The summed E-state index contributed by atoms with van der Waals surface area (Å²) in [5.74, 6) is 0.484. The second kappa shape index (κ2) is 5.46. The molecular weight excluding hydrogens is 198 g/mol. The molecule has 1 fully saturated rings. The van der Waals surface area contributed by atoms with Crippen LogP contribution in [0.1, 0.15) is 31.2 Å². The van der Waals surface area contributed by atoms with Crippen LogP contribution in [0.2, 0.25) is 0 Å². The van der Waals surface area contributed by atoms with Gasteiger partial charge in [-0.25, -0.2) is 0 Å². The van der Waals surface area contributed by atoms with Crippen LogP contribution in [0.25, 0.3) is 0 Å². The average Bonchev–Trinajstić information content (AvgIpc) is 2.39. The SMILES string of the molecule is CNC1CCOC(C(C)c2ccccc2)C1. The van der Waals surface area contributed by atoms with Crippen molar-refractivity contribution in [1.29, 1.82) is 0 Å². The molecule has 0 radical (unpaired) electrons. The summed E-state index contributed by atoms with van der Waals surface area (Å²) in [6, 6.07) is 11.3. The molecule has 1 N–H and O–H groups in total. The van der Waals surface area contributed by atoms with Crippen LogP contribution in [0, 0.1) is 0 Å². The number of hydrogen-bond acceptors (Lipinski definition) is 2. The normalized spacial score (nSPS) is 27.6. The number of nitrogens with one attached hydrogen (secondary N) is 1. The Hall–Kier alpha value is -0.860. The second-order valence-corrected chi connectivity index (χ2v) is 4.62. The molecule has 1 aliphatic rings. The Bertz CT molecular complexity index is 312. The zero-order valence-corrected chi connectivity index (χ0v) is 10.1. The lowest BCUT2D eigenvalue weighted by Crippen LogP contribution is -2.39. The molecule has 3 unspecified atom stereocenters. The topological polar surface area (TPSA) is 21.3 Å². The molecule has 0 bridgehead atoms. The van der Waals surface area contributed by atoms with E-state index in [2.05, 4.69) is 42.6 Å². The molecule has 2 rings (SSSR count). The fraction of sp³-hybridized carbons (Fsp3) is 0.571. The Morgan fingerprint density at radius 3 is 2.75 bits per heavy atom. The van der Waals surface area contributed by atoms with Crippen molar-refractivity contribution in [3.8, 4) is 0 Å². The minimum atomic E-state index is 0.355. The fourth-order valence-electron chi connectivity index (χ4n) is 2.41. The Morgan fingerprint density at radius 1 is 1.31 bits per heavy atom. The first-order valence-electron chi connectivity index (χ1n) is 6.15. The van der Waals surface area contributed by atoms with Crippen LogP contribution in [0.4, 0.5) is 0 Å². The summed E-state index contributed by atoms with van der Waals surface area (Å²) in [4.78, 5) is 0. The van der Waals surface area contributed by atoms with Crippen LogP contribution in [0.3, 0.4) is 0 Å². The van der Waals surface area contributed by atoms with Crippen LogP contribution in [0.5, 0.6) is 0 Å². The number of rotatable bonds is 3. The van der Waals surface area contributed by atoms with Crippen LogP contribution in [-0.2, 0) is 4.74 Å². The van der Waals surface area contributed by atoms with E-state index in [1.807, 2.05) is 7.05 Å².